The summed E-state index contributed by atoms with van der Waals surface area (Å²) < 4.78 is 37.7. The van der Waals surface area contributed by atoms with E-state index in [1.165, 1.54) is 12.1 Å². The Labute approximate surface area is 121 Å². The Morgan fingerprint density at radius 2 is 2.00 bits per heavy atom. The molecule has 0 aliphatic heterocycles. The molecule has 0 aliphatic carbocycles. The van der Waals surface area contributed by atoms with Crippen LogP contribution in [0.4, 0.5) is 8.78 Å². The Morgan fingerprint density at radius 1 is 1.33 bits per heavy atom. The Morgan fingerprint density at radius 3 is 2.52 bits per heavy atom. The van der Waals surface area contributed by atoms with Gasteiger partial charge in [0.05, 0.1) is 0 Å². The highest BCUT2D eigenvalue weighted by Gasteiger charge is 2.15. The molecule has 114 valence electrons. The summed E-state index contributed by atoms with van der Waals surface area (Å²) in [5.74, 6) is -1.31. The zero-order chi connectivity index (χ0) is 15.4. The average Bonchev–Trinajstić information content (AvgIpc) is 2.85. The fourth-order valence-corrected chi connectivity index (χ4v) is 1.87. The van der Waals surface area contributed by atoms with Gasteiger partial charge in [0.1, 0.15) is 0 Å². The molecule has 1 atom stereocenters. The van der Waals surface area contributed by atoms with Gasteiger partial charge in [-0.3, -0.25) is 0 Å². The summed E-state index contributed by atoms with van der Waals surface area (Å²) in [7, 11) is 0. The highest BCUT2D eigenvalue weighted by molar-refractivity contribution is 5.31. The second-order valence-electron chi connectivity index (χ2n) is 4.82. The Hall–Kier alpha value is -2.02. The minimum atomic E-state index is -0.773. The summed E-state index contributed by atoms with van der Waals surface area (Å²) in [6, 6.07) is 2.26. The molecule has 21 heavy (non-hydrogen) atoms. The van der Waals surface area contributed by atoms with Crippen LogP contribution in [-0.2, 0) is 19.4 Å². The lowest BCUT2D eigenvalue weighted by atomic mass is 10.1. The third kappa shape index (κ3) is 3.98. The molecule has 0 saturated carbocycles. The van der Waals surface area contributed by atoms with Crippen LogP contribution in [0.15, 0.2) is 16.7 Å². The van der Waals surface area contributed by atoms with Crippen LogP contribution in [0.2, 0.25) is 0 Å². The number of rotatable bonds is 6. The average molecular weight is 297 g/mol. The SMILES string of the molecule is CCc1nc(COc2c(F)cc(CC(C)N)cc2F)no1. The molecular weight excluding hydrogens is 280 g/mol. The Kier molecular flexibility index (Phi) is 4.85. The van der Waals surface area contributed by atoms with Crippen molar-refractivity contribution in [1.82, 2.24) is 10.1 Å². The highest BCUT2D eigenvalue weighted by atomic mass is 19.1. The molecule has 0 spiro atoms. The monoisotopic (exact) mass is 297 g/mol. The molecule has 0 radical (unpaired) electrons. The third-order valence-corrected chi connectivity index (χ3v) is 2.77. The topological polar surface area (TPSA) is 74.2 Å². The first-order chi connectivity index (χ1) is 9.99. The predicted molar refractivity (Wildman–Crippen MR) is 71.7 cm³/mol. The molecule has 2 rings (SSSR count). The van der Waals surface area contributed by atoms with Gasteiger partial charge in [0.25, 0.3) is 0 Å². The van der Waals surface area contributed by atoms with Gasteiger partial charge >= 0.3 is 0 Å². The van der Waals surface area contributed by atoms with E-state index in [-0.39, 0.29) is 18.5 Å². The minimum Gasteiger partial charge on any atom is -0.479 e. The number of aryl methyl sites for hydroxylation is 1. The molecule has 1 heterocycles. The van der Waals surface area contributed by atoms with Crippen molar-refractivity contribution in [3.8, 4) is 5.75 Å². The van der Waals surface area contributed by atoms with Gasteiger partial charge in [-0.15, -0.1) is 0 Å². The predicted octanol–water partition coefficient (Wildman–Crippen LogP) is 2.38. The maximum atomic E-state index is 13.9. The van der Waals surface area contributed by atoms with E-state index in [1.54, 1.807) is 6.92 Å². The zero-order valence-corrected chi connectivity index (χ0v) is 11.9. The summed E-state index contributed by atoms with van der Waals surface area (Å²) in [6.07, 6.45) is 0.973. The Bertz CT molecular complexity index is 591. The van der Waals surface area contributed by atoms with Crippen molar-refractivity contribution >= 4 is 0 Å². The molecule has 0 bridgehead atoms. The van der Waals surface area contributed by atoms with E-state index in [9.17, 15) is 8.78 Å². The van der Waals surface area contributed by atoms with E-state index in [0.717, 1.165) is 0 Å². The van der Waals surface area contributed by atoms with Crippen molar-refractivity contribution in [2.45, 2.75) is 39.3 Å². The lowest BCUT2D eigenvalue weighted by Crippen LogP contribution is -2.18. The molecule has 7 heteroatoms. The highest BCUT2D eigenvalue weighted by Crippen LogP contribution is 2.24. The quantitative estimate of drug-likeness (QED) is 0.886. The van der Waals surface area contributed by atoms with E-state index in [0.29, 0.717) is 24.3 Å². The fourth-order valence-electron chi connectivity index (χ4n) is 1.87. The second-order valence-corrected chi connectivity index (χ2v) is 4.82. The lowest BCUT2D eigenvalue weighted by Gasteiger charge is -2.10. The maximum Gasteiger partial charge on any atom is 0.226 e. The van der Waals surface area contributed by atoms with Crippen molar-refractivity contribution in [2.24, 2.45) is 5.73 Å². The van der Waals surface area contributed by atoms with Crippen LogP contribution in [0.25, 0.3) is 0 Å². The van der Waals surface area contributed by atoms with Crippen molar-refractivity contribution < 1.29 is 18.0 Å². The molecule has 1 unspecified atom stereocenters. The summed E-state index contributed by atoms with van der Waals surface area (Å²) in [5, 5.41) is 3.65. The van der Waals surface area contributed by atoms with E-state index < -0.39 is 17.4 Å². The van der Waals surface area contributed by atoms with Crippen LogP contribution in [0.5, 0.6) is 5.75 Å². The third-order valence-electron chi connectivity index (χ3n) is 2.77. The van der Waals surface area contributed by atoms with Crippen molar-refractivity contribution in [3.05, 3.63) is 41.0 Å². The van der Waals surface area contributed by atoms with E-state index in [1.807, 2.05) is 6.92 Å². The van der Waals surface area contributed by atoms with E-state index >= 15 is 0 Å². The molecule has 1 aromatic heterocycles. The van der Waals surface area contributed by atoms with E-state index in [2.05, 4.69) is 10.1 Å². The number of hydrogen-bond acceptors (Lipinski definition) is 5. The molecule has 5 nitrogen and oxygen atoms in total. The first-order valence-corrected chi connectivity index (χ1v) is 6.67. The largest absolute Gasteiger partial charge is 0.479 e. The van der Waals surface area contributed by atoms with Gasteiger partial charge in [-0.25, -0.2) is 8.78 Å². The van der Waals surface area contributed by atoms with Crippen molar-refractivity contribution in [1.29, 1.82) is 0 Å². The van der Waals surface area contributed by atoms with Gasteiger partial charge in [0.2, 0.25) is 11.7 Å². The normalized spacial score (nSPS) is 12.4. The number of ether oxygens (including phenoxy) is 1. The number of hydrogen-bond donors (Lipinski definition) is 1. The van der Waals surface area contributed by atoms with Crippen LogP contribution in [0.1, 0.15) is 31.1 Å². The van der Waals surface area contributed by atoms with Crippen LogP contribution >= 0.6 is 0 Å². The summed E-state index contributed by atoms with van der Waals surface area (Å²) in [5.41, 5.74) is 6.10. The smallest absolute Gasteiger partial charge is 0.226 e. The summed E-state index contributed by atoms with van der Waals surface area (Å²) >= 11 is 0. The van der Waals surface area contributed by atoms with Crippen LogP contribution < -0.4 is 10.5 Å². The van der Waals surface area contributed by atoms with Gasteiger partial charge in [-0.2, -0.15) is 4.98 Å². The fraction of sp³-hybridized carbons (Fsp3) is 0.429. The first kappa shape index (κ1) is 15.4. The first-order valence-electron chi connectivity index (χ1n) is 6.67. The second kappa shape index (κ2) is 6.62. The molecule has 2 aromatic rings. The van der Waals surface area contributed by atoms with E-state index in [4.69, 9.17) is 15.0 Å². The van der Waals surface area contributed by atoms with Gasteiger partial charge in [-0.1, -0.05) is 12.1 Å². The van der Waals surface area contributed by atoms with Gasteiger partial charge in [-0.05, 0) is 31.0 Å². The number of nitrogens with two attached hydrogens (primary N) is 1. The van der Waals surface area contributed by atoms with Crippen LogP contribution in [-0.4, -0.2) is 16.2 Å². The molecule has 1 aromatic carbocycles. The molecular formula is C14H17F2N3O2. The number of nitrogens with zero attached hydrogens (tertiary/aromatic N) is 2. The maximum absolute atomic E-state index is 13.9. The van der Waals surface area contributed by atoms with Gasteiger partial charge < -0.3 is 15.0 Å². The Balaban J connectivity index is 2.09. The van der Waals surface area contributed by atoms with Crippen LogP contribution in [0.3, 0.4) is 0 Å². The number of halogens is 2. The van der Waals surface area contributed by atoms with Gasteiger partial charge in [0, 0.05) is 12.5 Å². The number of benzene rings is 1. The summed E-state index contributed by atoms with van der Waals surface area (Å²) in [4.78, 5) is 4.00. The molecule has 0 aliphatic rings. The molecule has 2 N–H and O–H groups in total. The number of aromatic nitrogens is 2. The standard InChI is InChI=1S/C14H17F2N3O2/c1-3-13-18-12(19-21-13)7-20-14-10(15)5-9(4-8(2)17)6-11(14)16/h5-6,8H,3-4,7,17H2,1-2H3. The zero-order valence-electron chi connectivity index (χ0n) is 11.9. The molecule has 0 saturated heterocycles. The molecule has 0 amide bonds. The summed E-state index contributed by atoms with van der Waals surface area (Å²) in [6.45, 7) is 3.46. The van der Waals surface area contributed by atoms with Crippen LogP contribution in [0, 0.1) is 11.6 Å². The minimum absolute atomic E-state index is 0.163. The van der Waals surface area contributed by atoms with Gasteiger partial charge in [0.15, 0.2) is 24.0 Å². The van der Waals surface area contributed by atoms with Crippen molar-refractivity contribution in [3.63, 3.8) is 0 Å². The molecule has 0 fully saturated rings. The van der Waals surface area contributed by atoms with Crippen molar-refractivity contribution in [2.75, 3.05) is 0 Å². The lowest BCUT2D eigenvalue weighted by molar-refractivity contribution is 0.259.